The Morgan fingerprint density at radius 1 is 1.31 bits per heavy atom. The minimum atomic E-state index is -4.82. The van der Waals surface area contributed by atoms with E-state index in [4.69, 9.17) is 16.2 Å². The minimum Gasteiger partial charge on any atom is -0.389 e. The zero-order valence-electron chi connectivity index (χ0n) is 18.4. The number of aryl methyl sites for hydroxylation is 1. The molecule has 0 radical (unpaired) electrons. The van der Waals surface area contributed by atoms with Crippen LogP contribution in [0.2, 0.25) is 0 Å². The molecular formula is C21H23F5N6O2S. The van der Waals surface area contributed by atoms with Crippen molar-refractivity contribution in [3.63, 3.8) is 0 Å². The number of nitrogen functional groups attached to an aromatic ring is 1. The molecule has 4 atom stereocenters. The second kappa shape index (κ2) is 9.68. The number of hydrogen-bond donors (Lipinski definition) is 4. The van der Waals surface area contributed by atoms with Crippen LogP contribution < -0.4 is 16.8 Å². The lowest BCUT2D eigenvalue weighted by Gasteiger charge is -2.19. The van der Waals surface area contributed by atoms with Crippen LogP contribution in [-0.2, 0) is 18.0 Å². The van der Waals surface area contributed by atoms with Crippen molar-refractivity contribution >= 4 is 22.0 Å². The predicted molar refractivity (Wildman–Crippen MR) is 120 cm³/mol. The average Bonchev–Trinajstić information content (AvgIpc) is 3.29. The number of aliphatic hydroxyl groups is 1. The maximum Gasteiger partial charge on any atom is 0.417 e. The van der Waals surface area contributed by atoms with Gasteiger partial charge in [0.25, 0.3) is 0 Å². The fourth-order valence-electron chi connectivity index (χ4n) is 3.94. The summed E-state index contributed by atoms with van der Waals surface area (Å²) in [6.07, 6.45) is -6.09. The highest BCUT2D eigenvalue weighted by molar-refractivity contribution is 7.19. The highest BCUT2D eigenvalue weighted by Gasteiger charge is 2.36. The van der Waals surface area contributed by atoms with Gasteiger partial charge in [0.1, 0.15) is 33.8 Å². The summed E-state index contributed by atoms with van der Waals surface area (Å²) >= 11 is 0.617. The number of anilines is 2. The number of nitrogens with one attached hydrogen (secondary N) is 1. The van der Waals surface area contributed by atoms with E-state index in [0.29, 0.717) is 35.6 Å². The number of ether oxygens (including phenoxy) is 1. The Bertz CT molecular complexity index is 1190. The van der Waals surface area contributed by atoms with Crippen molar-refractivity contribution in [2.24, 2.45) is 12.8 Å². The highest BCUT2D eigenvalue weighted by Crippen LogP contribution is 2.42. The van der Waals surface area contributed by atoms with E-state index >= 15 is 0 Å². The molecule has 1 aliphatic heterocycles. The smallest absolute Gasteiger partial charge is 0.389 e. The number of nitrogens with zero attached hydrogens (tertiary/aromatic N) is 3. The zero-order chi connectivity index (χ0) is 25.5. The van der Waals surface area contributed by atoms with Crippen molar-refractivity contribution < 1.29 is 31.8 Å². The van der Waals surface area contributed by atoms with E-state index in [9.17, 15) is 27.1 Å². The third-order valence-electron chi connectivity index (χ3n) is 5.74. The Morgan fingerprint density at radius 2 is 2.06 bits per heavy atom. The molecule has 0 bridgehead atoms. The number of benzene rings is 1. The van der Waals surface area contributed by atoms with Crippen LogP contribution in [0.25, 0.3) is 10.6 Å². The van der Waals surface area contributed by atoms with Gasteiger partial charge in [-0.15, -0.1) is 0 Å². The molecule has 3 aromatic rings. The third-order valence-corrected chi connectivity index (χ3v) is 6.66. The Kier molecular flexibility index (Phi) is 6.99. The number of hydrogen-bond acceptors (Lipinski definition) is 8. The van der Waals surface area contributed by atoms with Crippen LogP contribution in [-0.4, -0.2) is 38.7 Å². The van der Waals surface area contributed by atoms with Crippen LogP contribution in [0.1, 0.15) is 42.1 Å². The van der Waals surface area contributed by atoms with Gasteiger partial charge in [-0.05, 0) is 25.0 Å². The van der Waals surface area contributed by atoms with E-state index in [0.717, 1.165) is 18.2 Å². The number of rotatable bonds is 5. The third kappa shape index (κ3) is 5.10. The van der Waals surface area contributed by atoms with E-state index in [1.54, 1.807) is 7.05 Å². The van der Waals surface area contributed by atoms with Crippen LogP contribution in [0.3, 0.4) is 0 Å². The summed E-state index contributed by atoms with van der Waals surface area (Å²) in [6, 6.07) is 1.92. The lowest BCUT2D eigenvalue weighted by atomic mass is 10.0. The van der Waals surface area contributed by atoms with Crippen LogP contribution in [0.15, 0.2) is 24.4 Å². The molecule has 0 spiro atoms. The standard InChI is InChI=1S/C21H23F5N6O2S/c1-32-17(14-6-5-12(27)11(23)8-34-14)13(7-29-32)30-19(33)16-18(28)35-20(31-16)15-9(21(24,25)26)3-2-4-10(15)22/h2-4,7,11-12,14,19,30,33H,5-6,8,27-28H2,1H3/t11-,12-,14+,19?/m1/s1. The first-order valence-corrected chi connectivity index (χ1v) is 11.4. The Balaban J connectivity index is 1.62. The topological polar surface area (TPSA) is 124 Å². The van der Waals surface area contributed by atoms with Gasteiger partial charge >= 0.3 is 6.18 Å². The molecule has 0 saturated carbocycles. The number of nitrogens with two attached hydrogens (primary N) is 2. The van der Waals surface area contributed by atoms with Gasteiger partial charge < -0.3 is 26.6 Å². The van der Waals surface area contributed by atoms with Crippen molar-refractivity contribution in [2.75, 3.05) is 17.7 Å². The minimum absolute atomic E-state index is 0.0984. The van der Waals surface area contributed by atoms with E-state index in [-0.39, 0.29) is 22.3 Å². The van der Waals surface area contributed by atoms with Crippen molar-refractivity contribution in [3.05, 3.63) is 47.2 Å². The SMILES string of the molecule is Cn1ncc(NC(O)c2nc(-c3c(F)cccc3C(F)(F)F)sc2N)c1[C@@H]1CC[C@@H](N)[C@H](F)CO1. The second-order valence-electron chi connectivity index (χ2n) is 8.12. The first-order chi connectivity index (χ1) is 16.5. The average molecular weight is 519 g/mol. The molecule has 190 valence electrons. The van der Waals surface area contributed by atoms with Crippen LogP contribution in [0, 0.1) is 5.82 Å². The molecule has 6 N–H and O–H groups in total. The predicted octanol–water partition coefficient (Wildman–Crippen LogP) is 3.90. The number of thiazole rings is 1. The maximum atomic E-state index is 14.4. The molecule has 0 amide bonds. The highest BCUT2D eigenvalue weighted by atomic mass is 32.1. The van der Waals surface area contributed by atoms with Crippen molar-refractivity contribution in [2.45, 2.75) is 43.6 Å². The van der Waals surface area contributed by atoms with Gasteiger partial charge in [0.15, 0.2) is 6.23 Å². The van der Waals surface area contributed by atoms with E-state index in [2.05, 4.69) is 15.4 Å². The van der Waals surface area contributed by atoms with Crippen molar-refractivity contribution in [1.29, 1.82) is 0 Å². The molecule has 4 rings (SSSR count). The summed E-state index contributed by atoms with van der Waals surface area (Å²) < 4.78 is 75.8. The Morgan fingerprint density at radius 3 is 2.77 bits per heavy atom. The monoisotopic (exact) mass is 518 g/mol. The van der Waals surface area contributed by atoms with Gasteiger partial charge in [-0.2, -0.15) is 18.3 Å². The Labute approximate surface area is 200 Å². The quantitative estimate of drug-likeness (QED) is 0.298. The molecule has 35 heavy (non-hydrogen) atoms. The molecule has 8 nitrogen and oxygen atoms in total. The van der Waals surface area contributed by atoms with Crippen LogP contribution in [0.4, 0.5) is 32.6 Å². The van der Waals surface area contributed by atoms with Gasteiger partial charge in [-0.1, -0.05) is 17.4 Å². The molecule has 1 fully saturated rings. The lowest BCUT2D eigenvalue weighted by molar-refractivity contribution is -0.137. The van der Waals surface area contributed by atoms with Crippen LogP contribution in [0.5, 0.6) is 0 Å². The maximum absolute atomic E-state index is 14.4. The van der Waals surface area contributed by atoms with Crippen molar-refractivity contribution in [1.82, 2.24) is 14.8 Å². The molecule has 3 heterocycles. The fourth-order valence-corrected chi connectivity index (χ4v) is 4.86. The van der Waals surface area contributed by atoms with Gasteiger partial charge in [0.2, 0.25) is 0 Å². The molecule has 1 aliphatic rings. The van der Waals surface area contributed by atoms with Crippen LogP contribution >= 0.6 is 11.3 Å². The second-order valence-corrected chi connectivity index (χ2v) is 9.15. The molecule has 1 unspecified atom stereocenters. The largest absolute Gasteiger partial charge is 0.417 e. The molecular weight excluding hydrogens is 495 g/mol. The molecule has 2 aromatic heterocycles. The first-order valence-electron chi connectivity index (χ1n) is 10.6. The number of aromatic nitrogens is 3. The first kappa shape index (κ1) is 25.3. The fraction of sp³-hybridized carbons (Fsp3) is 0.429. The van der Waals surface area contributed by atoms with Gasteiger partial charge in [-0.25, -0.2) is 13.8 Å². The summed E-state index contributed by atoms with van der Waals surface area (Å²) in [5.41, 5.74) is 10.4. The summed E-state index contributed by atoms with van der Waals surface area (Å²) in [7, 11) is 1.64. The summed E-state index contributed by atoms with van der Waals surface area (Å²) in [5.74, 6) is -1.12. The van der Waals surface area contributed by atoms with E-state index < -0.39 is 47.7 Å². The normalized spacial score (nSPS) is 22.1. The van der Waals surface area contributed by atoms with E-state index in [1.165, 1.54) is 10.9 Å². The zero-order valence-corrected chi connectivity index (χ0v) is 19.2. The number of halogens is 5. The van der Waals surface area contributed by atoms with Gasteiger partial charge in [0, 0.05) is 13.1 Å². The van der Waals surface area contributed by atoms with E-state index in [1.807, 2.05) is 0 Å². The summed E-state index contributed by atoms with van der Waals surface area (Å²) in [5, 5.41) is 17.3. The van der Waals surface area contributed by atoms with Gasteiger partial charge in [-0.3, -0.25) is 4.68 Å². The number of alkyl halides is 4. The molecule has 14 heteroatoms. The molecule has 1 aromatic carbocycles. The molecule has 0 aliphatic carbocycles. The lowest BCUT2D eigenvalue weighted by Crippen LogP contribution is -2.32. The number of aliphatic hydroxyl groups excluding tert-OH is 1. The Hall–Kier alpha value is -2.81. The summed E-state index contributed by atoms with van der Waals surface area (Å²) in [4.78, 5) is 4.01. The summed E-state index contributed by atoms with van der Waals surface area (Å²) in [6.45, 7) is -0.203. The van der Waals surface area contributed by atoms with Gasteiger partial charge in [0.05, 0.1) is 35.3 Å². The molecule has 1 saturated heterocycles. The van der Waals surface area contributed by atoms with Crippen molar-refractivity contribution in [3.8, 4) is 10.6 Å².